The molecule has 0 radical (unpaired) electrons. The molecule has 1 heterocycles. The van der Waals surface area contributed by atoms with Crippen LogP contribution < -0.4 is 15.0 Å². The van der Waals surface area contributed by atoms with E-state index in [9.17, 15) is 27.2 Å². The number of hydrogen-bond acceptors (Lipinski definition) is 5. The molecular weight excluding hydrogens is 400 g/mol. The molecule has 1 N–H and O–H groups in total. The zero-order chi connectivity index (χ0) is 21.4. The van der Waals surface area contributed by atoms with Crippen LogP contribution in [0.2, 0.25) is 0 Å². The molecular formula is C18H14F4N2O5. The van der Waals surface area contributed by atoms with Crippen LogP contribution in [-0.2, 0) is 15.3 Å². The third-order valence-corrected chi connectivity index (χ3v) is 4.16. The number of fused-ring (bicyclic) bond motifs is 1. The molecule has 0 saturated carbocycles. The van der Waals surface area contributed by atoms with Gasteiger partial charge in [0.15, 0.2) is 0 Å². The minimum Gasteiger partial charge on any atom is -0.495 e. The lowest BCUT2D eigenvalue weighted by molar-refractivity contribution is -0.350. The molecule has 2 aromatic carbocycles. The fourth-order valence-corrected chi connectivity index (χ4v) is 2.72. The second-order valence-corrected chi connectivity index (χ2v) is 5.92. The number of carbonyl (C=O) groups excluding carboxylic acids is 2. The number of para-hydroxylation sites is 1. The standard InChI is InChI=1S/C18H14F4N2O5/c1-24(11-8-6-10(19)7-9-11)16(26)29-17(18(20,21)22)12-4-3-5-13(27-2)14(12)23-15(25)28-17/h3-9H,1-2H3,(H,23,25). The number of nitrogens with one attached hydrogen (secondary N) is 1. The highest BCUT2D eigenvalue weighted by atomic mass is 19.4. The lowest BCUT2D eigenvalue weighted by Gasteiger charge is -2.39. The Morgan fingerprint density at radius 1 is 1.17 bits per heavy atom. The van der Waals surface area contributed by atoms with E-state index < -0.39 is 35.5 Å². The second-order valence-electron chi connectivity index (χ2n) is 5.92. The predicted octanol–water partition coefficient (Wildman–Crippen LogP) is 4.38. The first-order valence-corrected chi connectivity index (χ1v) is 8.05. The number of ether oxygens (including phenoxy) is 3. The Morgan fingerprint density at radius 2 is 1.83 bits per heavy atom. The van der Waals surface area contributed by atoms with E-state index in [0.29, 0.717) is 4.90 Å². The summed E-state index contributed by atoms with van der Waals surface area (Å²) in [5, 5.41) is 2.11. The summed E-state index contributed by atoms with van der Waals surface area (Å²) in [6.45, 7) is 0. The van der Waals surface area contributed by atoms with Gasteiger partial charge in [0.2, 0.25) is 0 Å². The minimum atomic E-state index is -5.33. The van der Waals surface area contributed by atoms with Crippen molar-refractivity contribution in [3.8, 4) is 5.75 Å². The van der Waals surface area contributed by atoms with Crippen LogP contribution in [0.4, 0.5) is 38.5 Å². The maximum atomic E-state index is 14.1. The highest BCUT2D eigenvalue weighted by Crippen LogP contribution is 2.50. The highest BCUT2D eigenvalue weighted by Gasteiger charge is 2.67. The van der Waals surface area contributed by atoms with E-state index in [1.54, 1.807) is 0 Å². The second kappa shape index (κ2) is 7.15. The summed E-state index contributed by atoms with van der Waals surface area (Å²) < 4.78 is 69.4. The van der Waals surface area contributed by atoms with Crippen molar-refractivity contribution >= 4 is 23.6 Å². The molecule has 0 saturated heterocycles. The summed E-state index contributed by atoms with van der Waals surface area (Å²) in [6, 6.07) is 7.89. The summed E-state index contributed by atoms with van der Waals surface area (Å²) in [6.07, 6.45) is -8.31. The molecule has 0 bridgehead atoms. The van der Waals surface area contributed by atoms with E-state index in [2.05, 4.69) is 10.1 Å². The lowest BCUT2D eigenvalue weighted by Crippen LogP contribution is -2.54. The van der Waals surface area contributed by atoms with Crippen LogP contribution in [0, 0.1) is 5.82 Å². The molecule has 0 spiro atoms. The van der Waals surface area contributed by atoms with Crippen molar-refractivity contribution in [2.45, 2.75) is 12.0 Å². The molecule has 0 fully saturated rings. The van der Waals surface area contributed by atoms with Gasteiger partial charge in [-0.05, 0) is 36.4 Å². The third-order valence-electron chi connectivity index (χ3n) is 4.16. The van der Waals surface area contributed by atoms with Gasteiger partial charge in [-0.25, -0.2) is 14.0 Å². The van der Waals surface area contributed by atoms with Gasteiger partial charge in [0.1, 0.15) is 11.6 Å². The largest absolute Gasteiger partial charge is 0.495 e. The van der Waals surface area contributed by atoms with Gasteiger partial charge in [0, 0.05) is 12.7 Å². The number of methoxy groups -OCH3 is 1. The van der Waals surface area contributed by atoms with Gasteiger partial charge >= 0.3 is 24.1 Å². The Bertz CT molecular complexity index is 948. The van der Waals surface area contributed by atoms with E-state index in [0.717, 1.165) is 25.2 Å². The van der Waals surface area contributed by atoms with Crippen LogP contribution in [0.25, 0.3) is 0 Å². The molecule has 1 unspecified atom stereocenters. The van der Waals surface area contributed by atoms with Crippen LogP contribution >= 0.6 is 0 Å². The number of cyclic esters (lactones) is 1. The van der Waals surface area contributed by atoms with Crippen molar-refractivity contribution in [1.82, 2.24) is 0 Å². The molecule has 154 valence electrons. The topological polar surface area (TPSA) is 77.1 Å². The van der Waals surface area contributed by atoms with Crippen LogP contribution in [0.1, 0.15) is 5.56 Å². The Labute approximate surface area is 161 Å². The van der Waals surface area contributed by atoms with E-state index in [1.165, 1.54) is 31.4 Å². The van der Waals surface area contributed by atoms with Crippen LogP contribution in [-0.4, -0.2) is 32.5 Å². The van der Waals surface area contributed by atoms with Gasteiger partial charge in [-0.2, -0.15) is 13.2 Å². The van der Waals surface area contributed by atoms with Crippen molar-refractivity contribution in [2.75, 3.05) is 24.4 Å². The molecule has 29 heavy (non-hydrogen) atoms. The maximum Gasteiger partial charge on any atom is 0.473 e. The number of nitrogens with zero attached hydrogens (tertiary/aromatic N) is 1. The van der Waals surface area contributed by atoms with Gasteiger partial charge in [-0.3, -0.25) is 10.2 Å². The predicted molar refractivity (Wildman–Crippen MR) is 92.1 cm³/mol. The van der Waals surface area contributed by atoms with Crippen molar-refractivity contribution in [3.05, 3.63) is 53.8 Å². The molecule has 1 aliphatic rings. The Hall–Kier alpha value is -3.50. The van der Waals surface area contributed by atoms with Crippen LogP contribution in [0.3, 0.4) is 0 Å². The van der Waals surface area contributed by atoms with Crippen molar-refractivity contribution in [1.29, 1.82) is 0 Å². The van der Waals surface area contributed by atoms with Crippen LogP contribution in [0.5, 0.6) is 5.75 Å². The van der Waals surface area contributed by atoms with Gasteiger partial charge in [-0.1, -0.05) is 6.07 Å². The first-order chi connectivity index (χ1) is 13.6. The van der Waals surface area contributed by atoms with Crippen molar-refractivity contribution < 1.29 is 41.4 Å². The molecule has 2 aromatic rings. The number of alkyl halides is 3. The highest BCUT2D eigenvalue weighted by molar-refractivity contribution is 5.92. The van der Waals surface area contributed by atoms with E-state index in [1.807, 2.05) is 0 Å². The van der Waals surface area contributed by atoms with Crippen molar-refractivity contribution in [2.24, 2.45) is 0 Å². The first kappa shape index (κ1) is 20.2. The number of anilines is 2. The molecule has 2 amide bonds. The molecule has 3 rings (SSSR count). The monoisotopic (exact) mass is 414 g/mol. The molecule has 1 aliphatic heterocycles. The van der Waals surface area contributed by atoms with E-state index in [-0.39, 0.29) is 17.1 Å². The number of benzene rings is 2. The SMILES string of the molecule is COc1cccc2c1NC(=O)OC2(OC(=O)N(C)c1ccc(F)cc1)C(F)(F)F. The smallest absolute Gasteiger partial charge is 0.473 e. The average Bonchev–Trinajstić information content (AvgIpc) is 2.66. The van der Waals surface area contributed by atoms with Crippen LogP contribution in [0.15, 0.2) is 42.5 Å². The van der Waals surface area contributed by atoms with Gasteiger partial charge in [0.05, 0.1) is 18.4 Å². The van der Waals surface area contributed by atoms with Crippen molar-refractivity contribution in [3.63, 3.8) is 0 Å². The minimum absolute atomic E-state index is 0.0554. The summed E-state index contributed by atoms with van der Waals surface area (Å²) >= 11 is 0. The van der Waals surface area contributed by atoms with E-state index in [4.69, 9.17) is 9.47 Å². The normalized spacial score (nSPS) is 18.2. The summed E-state index contributed by atoms with van der Waals surface area (Å²) in [4.78, 5) is 25.1. The number of amides is 2. The summed E-state index contributed by atoms with van der Waals surface area (Å²) in [5.41, 5.74) is -0.967. The zero-order valence-electron chi connectivity index (χ0n) is 15.0. The molecule has 7 nitrogen and oxygen atoms in total. The number of carbonyl (C=O) groups is 2. The Balaban J connectivity index is 2.06. The lowest BCUT2D eigenvalue weighted by atomic mass is 10.0. The molecule has 0 aromatic heterocycles. The maximum absolute atomic E-state index is 14.1. The van der Waals surface area contributed by atoms with E-state index >= 15 is 0 Å². The van der Waals surface area contributed by atoms with Gasteiger partial charge in [-0.15, -0.1) is 0 Å². The quantitative estimate of drug-likeness (QED) is 0.755. The van der Waals surface area contributed by atoms with Gasteiger partial charge in [0.25, 0.3) is 0 Å². The molecule has 1 atom stereocenters. The summed E-state index contributed by atoms with van der Waals surface area (Å²) in [7, 11) is 2.32. The third kappa shape index (κ3) is 3.50. The Morgan fingerprint density at radius 3 is 2.41 bits per heavy atom. The summed E-state index contributed by atoms with van der Waals surface area (Å²) in [5.74, 6) is -4.41. The molecule has 11 heteroatoms. The fourth-order valence-electron chi connectivity index (χ4n) is 2.72. The first-order valence-electron chi connectivity index (χ1n) is 8.05. The number of halogens is 4. The molecule has 0 aliphatic carbocycles. The zero-order valence-corrected chi connectivity index (χ0v) is 15.0. The average molecular weight is 414 g/mol. The fraction of sp³-hybridized carbons (Fsp3) is 0.222. The number of hydrogen-bond donors (Lipinski definition) is 1. The Kier molecular flexibility index (Phi) is 4.99. The number of rotatable bonds is 3. The van der Waals surface area contributed by atoms with Gasteiger partial charge < -0.3 is 14.2 Å².